The van der Waals surface area contributed by atoms with Gasteiger partial charge in [0.2, 0.25) is 0 Å². The number of pyridine rings is 1. The Morgan fingerprint density at radius 3 is 2.75 bits per heavy atom. The fourth-order valence-corrected chi connectivity index (χ4v) is 3.05. The second-order valence-corrected chi connectivity index (χ2v) is 6.26. The van der Waals surface area contributed by atoms with Crippen molar-refractivity contribution >= 4 is 5.69 Å². The third-order valence-corrected chi connectivity index (χ3v) is 4.23. The Morgan fingerprint density at radius 1 is 1.35 bits per heavy atom. The van der Waals surface area contributed by atoms with Crippen molar-refractivity contribution in [1.29, 1.82) is 0 Å². The molecule has 0 unspecified atom stereocenters. The van der Waals surface area contributed by atoms with Crippen LogP contribution in [0.2, 0.25) is 0 Å². The standard InChI is InChI=1S/C17H29N3/c1-4-5-15-7-10-20(11-8-15)17-6-9-18-12-16(17)13-19-14(2)3/h6,9,12,14-15,19H,4-5,7-8,10-11,13H2,1-3H3. The quantitative estimate of drug-likeness (QED) is 0.860. The number of anilines is 1. The molecule has 1 aromatic heterocycles. The minimum absolute atomic E-state index is 0.512. The average molecular weight is 275 g/mol. The van der Waals surface area contributed by atoms with Crippen molar-refractivity contribution in [3.63, 3.8) is 0 Å². The predicted molar refractivity (Wildman–Crippen MR) is 86.1 cm³/mol. The van der Waals surface area contributed by atoms with E-state index in [-0.39, 0.29) is 0 Å². The van der Waals surface area contributed by atoms with Gasteiger partial charge in [-0.15, -0.1) is 0 Å². The largest absolute Gasteiger partial charge is 0.371 e. The minimum atomic E-state index is 0.512. The lowest BCUT2D eigenvalue weighted by Gasteiger charge is -2.34. The SMILES string of the molecule is CCCC1CCN(c2ccncc2CNC(C)C)CC1. The minimum Gasteiger partial charge on any atom is -0.371 e. The van der Waals surface area contributed by atoms with Crippen molar-refractivity contribution in [3.05, 3.63) is 24.0 Å². The topological polar surface area (TPSA) is 28.2 Å². The van der Waals surface area contributed by atoms with E-state index < -0.39 is 0 Å². The summed E-state index contributed by atoms with van der Waals surface area (Å²) in [7, 11) is 0. The summed E-state index contributed by atoms with van der Waals surface area (Å²) in [4.78, 5) is 6.84. The molecule has 1 aliphatic rings. The molecule has 20 heavy (non-hydrogen) atoms. The molecule has 0 bridgehead atoms. The highest BCUT2D eigenvalue weighted by Gasteiger charge is 2.20. The maximum Gasteiger partial charge on any atom is 0.0442 e. The van der Waals surface area contributed by atoms with Gasteiger partial charge in [-0.1, -0.05) is 33.6 Å². The van der Waals surface area contributed by atoms with Crippen LogP contribution in [0.4, 0.5) is 5.69 Å². The highest BCUT2D eigenvalue weighted by atomic mass is 15.1. The van der Waals surface area contributed by atoms with Crippen LogP contribution in [0.15, 0.2) is 18.5 Å². The van der Waals surface area contributed by atoms with Crippen molar-refractivity contribution < 1.29 is 0 Å². The van der Waals surface area contributed by atoms with Gasteiger partial charge in [0.1, 0.15) is 0 Å². The molecule has 0 saturated carbocycles. The predicted octanol–water partition coefficient (Wildman–Crippen LogP) is 3.60. The van der Waals surface area contributed by atoms with E-state index in [0.29, 0.717) is 6.04 Å². The Hall–Kier alpha value is -1.09. The maximum absolute atomic E-state index is 4.30. The highest BCUT2D eigenvalue weighted by molar-refractivity contribution is 5.52. The monoisotopic (exact) mass is 275 g/mol. The van der Waals surface area contributed by atoms with Gasteiger partial charge in [0, 0.05) is 49.3 Å². The Bertz CT molecular complexity index is 395. The summed E-state index contributed by atoms with van der Waals surface area (Å²) in [5, 5.41) is 3.50. The molecular formula is C17H29N3. The first-order valence-electron chi connectivity index (χ1n) is 8.12. The van der Waals surface area contributed by atoms with Gasteiger partial charge in [0.05, 0.1) is 0 Å². The van der Waals surface area contributed by atoms with Crippen molar-refractivity contribution in [1.82, 2.24) is 10.3 Å². The van der Waals surface area contributed by atoms with Crippen LogP contribution >= 0.6 is 0 Å². The maximum atomic E-state index is 4.30. The van der Waals surface area contributed by atoms with Crippen LogP contribution in [0.5, 0.6) is 0 Å². The van der Waals surface area contributed by atoms with E-state index >= 15 is 0 Å². The van der Waals surface area contributed by atoms with Crippen LogP contribution in [0, 0.1) is 5.92 Å². The fourth-order valence-electron chi connectivity index (χ4n) is 3.05. The molecule has 1 saturated heterocycles. The summed E-state index contributed by atoms with van der Waals surface area (Å²) in [5.41, 5.74) is 2.71. The van der Waals surface area contributed by atoms with E-state index in [1.54, 1.807) is 0 Å². The molecule has 3 heteroatoms. The molecule has 112 valence electrons. The molecule has 0 aromatic carbocycles. The van der Waals surface area contributed by atoms with Crippen LogP contribution in [0.1, 0.15) is 52.0 Å². The Balaban J connectivity index is 1.98. The van der Waals surface area contributed by atoms with Gasteiger partial charge in [-0.3, -0.25) is 4.98 Å². The number of hydrogen-bond acceptors (Lipinski definition) is 3. The van der Waals surface area contributed by atoms with Crippen LogP contribution in [0.3, 0.4) is 0 Å². The molecule has 2 heterocycles. The number of nitrogens with one attached hydrogen (secondary N) is 1. The van der Waals surface area contributed by atoms with E-state index in [1.807, 2.05) is 12.4 Å². The van der Waals surface area contributed by atoms with Gasteiger partial charge in [-0.2, -0.15) is 0 Å². The second kappa shape index (κ2) is 7.63. The lowest BCUT2D eigenvalue weighted by Crippen LogP contribution is -2.35. The number of rotatable bonds is 6. The molecule has 0 atom stereocenters. The van der Waals surface area contributed by atoms with Gasteiger partial charge < -0.3 is 10.2 Å². The Kier molecular flexibility index (Phi) is 5.84. The first-order valence-corrected chi connectivity index (χ1v) is 8.12. The van der Waals surface area contributed by atoms with E-state index in [0.717, 1.165) is 12.5 Å². The summed E-state index contributed by atoms with van der Waals surface area (Å²) in [6.07, 6.45) is 9.34. The van der Waals surface area contributed by atoms with E-state index in [9.17, 15) is 0 Å². The van der Waals surface area contributed by atoms with Crippen molar-refractivity contribution in [2.75, 3.05) is 18.0 Å². The molecule has 1 N–H and O–H groups in total. The van der Waals surface area contributed by atoms with Crippen LogP contribution in [-0.4, -0.2) is 24.1 Å². The third kappa shape index (κ3) is 4.20. The summed E-state index contributed by atoms with van der Waals surface area (Å²) in [6.45, 7) is 9.98. The number of nitrogens with zero attached hydrogens (tertiary/aromatic N) is 2. The van der Waals surface area contributed by atoms with Gasteiger partial charge >= 0.3 is 0 Å². The van der Waals surface area contributed by atoms with E-state index in [1.165, 1.54) is 50.0 Å². The van der Waals surface area contributed by atoms with Gasteiger partial charge in [-0.25, -0.2) is 0 Å². The summed E-state index contributed by atoms with van der Waals surface area (Å²) in [6, 6.07) is 2.69. The fraction of sp³-hybridized carbons (Fsp3) is 0.706. The highest BCUT2D eigenvalue weighted by Crippen LogP contribution is 2.27. The zero-order chi connectivity index (χ0) is 14.4. The number of hydrogen-bond donors (Lipinski definition) is 1. The van der Waals surface area contributed by atoms with Gasteiger partial charge in [-0.05, 0) is 24.8 Å². The molecule has 2 rings (SSSR count). The normalized spacial score (nSPS) is 16.9. The molecule has 1 fully saturated rings. The lowest BCUT2D eigenvalue weighted by atomic mass is 9.92. The van der Waals surface area contributed by atoms with Crippen LogP contribution < -0.4 is 10.2 Å². The van der Waals surface area contributed by atoms with Crippen LogP contribution in [0.25, 0.3) is 0 Å². The average Bonchev–Trinajstić information content (AvgIpc) is 2.47. The molecule has 1 aromatic rings. The number of piperidine rings is 1. The first-order chi connectivity index (χ1) is 9.70. The van der Waals surface area contributed by atoms with Crippen LogP contribution in [-0.2, 0) is 6.54 Å². The molecule has 0 radical (unpaired) electrons. The molecule has 0 spiro atoms. The molecule has 1 aliphatic heterocycles. The second-order valence-electron chi connectivity index (χ2n) is 6.26. The van der Waals surface area contributed by atoms with Gasteiger partial charge in [0.15, 0.2) is 0 Å². The summed E-state index contributed by atoms with van der Waals surface area (Å²) in [5.74, 6) is 0.940. The zero-order valence-corrected chi connectivity index (χ0v) is 13.2. The Labute approximate surface area is 123 Å². The smallest absolute Gasteiger partial charge is 0.0442 e. The third-order valence-electron chi connectivity index (χ3n) is 4.23. The van der Waals surface area contributed by atoms with Gasteiger partial charge in [0.25, 0.3) is 0 Å². The van der Waals surface area contributed by atoms with E-state index in [2.05, 4.69) is 42.0 Å². The Morgan fingerprint density at radius 2 is 2.10 bits per heavy atom. The first kappa shape index (κ1) is 15.3. The summed E-state index contributed by atoms with van der Waals surface area (Å²) < 4.78 is 0. The molecule has 0 aliphatic carbocycles. The molecular weight excluding hydrogens is 246 g/mol. The zero-order valence-electron chi connectivity index (χ0n) is 13.2. The number of aromatic nitrogens is 1. The van der Waals surface area contributed by atoms with E-state index in [4.69, 9.17) is 0 Å². The summed E-state index contributed by atoms with van der Waals surface area (Å²) >= 11 is 0. The van der Waals surface area contributed by atoms with Crippen molar-refractivity contribution in [2.24, 2.45) is 5.92 Å². The molecule has 0 amide bonds. The lowest BCUT2D eigenvalue weighted by molar-refractivity contribution is 0.378. The molecule has 3 nitrogen and oxygen atoms in total. The van der Waals surface area contributed by atoms with Crippen molar-refractivity contribution in [2.45, 2.75) is 59.0 Å². The van der Waals surface area contributed by atoms with Crippen molar-refractivity contribution in [3.8, 4) is 0 Å².